The number of nitrogens with zero attached hydrogens (tertiary/aromatic N) is 2. The fourth-order valence-corrected chi connectivity index (χ4v) is 4.23. The minimum absolute atomic E-state index is 0.211. The number of aliphatic carboxylic acids is 1. The van der Waals surface area contributed by atoms with E-state index in [9.17, 15) is 4.79 Å². The highest BCUT2D eigenvalue weighted by molar-refractivity contribution is 7.13. The Balaban J connectivity index is 1.86. The first-order valence-corrected chi connectivity index (χ1v) is 8.90. The van der Waals surface area contributed by atoms with Crippen molar-refractivity contribution in [3.05, 3.63) is 28.9 Å². The predicted octanol–water partition coefficient (Wildman–Crippen LogP) is 3.71. The minimum Gasteiger partial charge on any atom is -0.481 e. The summed E-state index contributed by atoms with van der Waals surface area (Å²) in [6.45, 7) is 2.13. The monoisotopic (exact) mass is 331 g/mol. The van der Waals surface area contributed by atoms with Gasteiger partial charge in [0.1, 0.15) is 5.82 Å². The molecule has 0 radical (unpaired) electrons. The van der Waals surface area contributed by atoms with Crippen molar-refractivity contribution in [3.63, 3.8) is 0 Å². The van der Waals surface area contributed by atoms with Crippen molar-refractivity contribution >= 4 is 23.1 Å². The van der Waals surface area contributed by atoms with Crippen molar-refractivity contribution in [2.75, 3.05) is 5.73 Å². The zero-order chi connectivity index (χ0) is 16.4. The quantitative estimate of drug-likeness (QED) is 0.891. The van der Waals surface area contributed by atoms with Crippen molar-refractivity contribution in [1.82, 2.24) is 9.97 Å². The topological polar surface area (TPSA) is 89.1 Å². The number of hydrogen-bond donors (Lipinski definition) is 2. The van der Waals surface area contributed by atoms with Crippen LogP contribution in [0.2, 0.25) is 0 Å². The summed E-state index contributed by atoms with van der Waals surface area (Å²) in [5.41, 5.74) is 9.04. The standard InChI is InChI=1S/C17H21N3O2S/c1-2-10-7-8-23-15(10)13-9-19-16(18)14(20-13)11-3-5-12(6-4-11)17(21)22/h7-9,11-12H,2-6H2,1H3,(H2,18,19)(H,21,22). The lowest BCUT2D eigenvalue weighted by atomic mass is 9.80. The molecule has 0 aromatic carbocycles. The number of carbonyl (C=O) groups is 1. The van der Waals surface area contributed by atoms with Crippen LogP contribution in [0.25, 0.3) is 10.6 Å². The number of aromatic nitrogens is 2. The van der Waals surface area contributed by atoms with Crippen LogP contribution >= 0.6 is 11.3 Å². The molecule has 23 heavy (non-hydrogen) atoms. The van der Waals surface area contributed by atoms with E-state index >= 15 is 0 Å². The average molecular weight is 331 g/mol. The van der Waals surface area contributed by atoms with Gasteiger partial charge in [0.05, 0.1) is 28.4 Å². The lowest BCUT2D eigenvalue weighted by molar-refractivity contribution is -0.142. The molecule has 1 aliphatic carbocycles. The van der Waals surface area contributed by atoms with Gasteiger partial charge in [0.15, 0.2) is 0 Å². The van der Waals surface area contributed by atoms with Gasteiger partial charge in [0.2, 0.25) is 0 Å². The number of carboxylic acids is 1. The predicted molar refractivity (Wildman–Crippen MR) is 91.5 cm³/mol. The Morgan fingerprint density at radius 3 is 2.78 bits per heavy atom. The van der Waals surface area contributed by atoms with Gasteiger partial charge in [-0.25, -0.2) is 9.97 Å². The van der Waals surface area contributed by atoms with E-state index in [4.69, 9.17) is 15.8 Å². The maximum Gasteiger partial charge on any atom is 0.306 e. The van der Waals surface area contributed by atoms with E-state index in [0.717, 1.165) is 35.5 Å². The van der Waals surface area contributed by atoms with Crippen LogP contribution in [0.1, 0.15) is 49.8 Å². The van der Waals surface area contributed by atoms with E-state index in [1.807, 2.05) is 0 Å². The SMILES string of the molecule is CCc1ccsc1-c1cnc(N)c(C2CCC(C(=O)O)CC2)n1. The number of carboxylic acid groups (broad SMARTS) is 1. The van der Waals surface area contributed by atoms with E-state index < -0.39 is 5.97 Å². The van der Waals surface area contributed by atoms with E-state index in [1.54, 1.807) is 17.5 Å². The number of anilines is 1. The third-order valence-corrected chi connectivity index (χ3v) is 5.63. The highest BCUT2D eigenvalue weighted by atomic mass is 32.1. The third kappa shape index (κ3) is 3.22. The summed E-state index contributed by atoms with van der Waals surface area (Å²) in [4.78, 5) is 21.4. The second-order valence-corrected chi connectivity index (χ2v) is 6.96. The Morgan fingerprint density at radius 1 is 1.39 bits per heavy atom. The molecule has 0 atom stereocenters. The van der Waals surface area contributed by atoms with Crippen LogP contribution < -0.4 is 5.73 Å². The van der Waals surface area contributed by atoms with Gasteiger partial charge in [-0.05, 0) is 49.1 Å². The van der Waals surface area contributed by atoms with E-state index in [1.165, 1.54) is 5.56 Å². The summed E-state index contributed by atoms with van der Waals surface area (Å²) < 4.78 is 0. The van der Waals surface area contributed by atoms with Crippen molar-refractivity contribution in [1.29, 1.82) is 0 Å². The largest absolute Gasteiger partial charge is 0.481 e. The minimum atomic E-state index is -0.692. The number of hydrogen-bond acceptors (Lipinski definition) is 5. The van der Waals surface area contributed by atoms with Gasteiger partial charge in [-0.3, -0.25) is 4.79 Å². The van der Waals surface area contributed by atoms with Crippen LogP contribution in [0, 0.1) is 5.92 Å². The number of thiophene rings is 1. The van der Waals surface area contributed by atoms with Crippen molar-refractivity contribution in [2.24, 2.45) is 5.92 Å². The summed E-state index contributed by atoms with van der Waals surface area (Å²) in [6.07, 6.45) is 5.69. The lowest BCUT2D eigenvalue weighted by Crippen LogP contribution is -2.21. The summed E-state index contributed by atoms with van der Waals surface area (Å²) >= 11 is 1.67. The molecule has 0 bridgehead atoms. The summed E-state index contributed by atoms with van der Waals surface area (Å²) in [5, 5.41) is 11.2. The molecule has 2 aromatic rings. The second-order valence-electron chi connectivity index (χ2n) is 6.04. The summed E-state index contributed by atoms with van der Waals surface area (Å²) in [6, 6.07) is 2.12. The Bertz CT molecular complexity index is 706. The van der Waals surface area contributed by atoms with Gasteiger partial charge in [0, 0.05) is 5.92 Å². The number of nitrogen functional groups attached to an aromatic ring is 1. The molecule has 3 N–H and O–H groups in total. The fourth-order valence-electron chi connectivity index (χ4n) is 3.28. The van der Waals surface area contributed by atoms with Gasteiger partial charge in [0.25, 0.3) is 0 Å². The van der Waals surface area contributed by atoms with E-state index in [-0.39, 0.29) is 11.8 Å². The molecule has 6 heteroatoms. The maximum atomic E-state index is 11.1. The number of aryl methyl sites for hydroxylation is 1. The number of nitrogens with two attached hydrogens (primary N) is 1. The molecule has 2 aromatic heterocycles. The zero-order valence-electron chi connectivity index (χ0n) is 13.2. The molecule has 5 nitrogen and oxygen atoms in total. The van der Waals surface area contributed by atoms with Crippen LogP contribution in [0.15, 0.2) is 17.6 Å². The normalized spacial score (nSPS) is 21.3. The smallest absolute Gasteiger partial charge is 0.306 e. The van der Waals surface area contributed by atoms with Crippen molar-refractivity contribution < 1.29 is 9.90 Å². The molecule has 1 saturated carbocycles. The molecule has 1 aliphatic rings. The Hall–Kier alpha value is -1.95. The van der Waals surface area contributed by atoms with Gasteiger partial charge < -0.3 is 10.8 Å². The first-order valence-electron chi connectivity index (χ1n) is 8.02. The van der Waals surface area contributed by atoms with Gasteiger partial charge in [-0.2, -0.15) is 0 Å². The zero-order valence-corrected chi connectivity index (χ0v) is 14.0. The summed E-state index contributed by atoms with van der Waals surface area (Å²) in [7, 11) is 0. The van der Waals surface area contributed by atoms with Gasteiger partial charge >= 0.3 is 5.97 Å². The molecule has 0 unspecified atom stereocenters. The third-order valence-electron chi connectivity index (χ3n) is 4.65. The molecule has 0 saturated heterocycles. The first-order chi connectivity index (χ1) is 11.1. The van der Waals surface area contributed by atoms with Crippen LogP contribution in [0.3, 0.4) is 0 Å². The molecule has 0 spiro atoms. The van der Waals surface area contributed by atoms with Crippen LogP contribution in [0.5, 0.6) is 0 Å². The van der Waals surface area contributed by atoms with Gasteiger partial charge in [-0.1, -0.05) is 6.92 Å². The maximum absolute atomic E-state index is 11.1. The Morgan fingerprint density at radius 2 is 2.13 bits per heavy atom. The van der Waals surface area contributed by atoms with Crippen LogP contribution in [-0.2, 0) is 11.2 Å². The van der Waals surface area contributed by atoms with E-state index in [2.05, 4.69) is 23.4 Å². The van der Waals surface area contributed by atoms with Gasteiger partial charge in [-0.15, -0.1) is 11.3 Å². The highest BCUT2D eigenvalue weighted by Crippen LogP contribution is 2.38. The molecule has 1 fully saturated rings. The molecular weight excluding hydrogens is 310 g/mol. The molecule has 2 heterocycles. The van der Waals surface area contributed by atoms with Crippen molar-refractivity contribution in [2.45, 2.75) is 44.9 Å². The van der Waals surface area contributed by atoms with E-state index in [0.29, 0.717) is 18.7 Å². The average Bonchev–Trinajstić information content (AvgIpc) is 3.04. The number of rotatable bonds is 4. The Kier molecular flexibility index (Phi) is 4.61. The molecule has 0 amide bonds. The van der Waals surface area contributed by atoms with Crippen LogP contribution in [0.4, 0.5) is 5.82 Å². The first kappa shape index (κ1) is 15.9. The molecular formula is C17H21N3O2S. The molecule has 3 rings (SSSR count). The van der Waals surface area contributed by atoms with Crippen LogP contribution in [-0.4, -0.2) is 21.0 Å². The fraction of sp³-hybridized carbons (Fsp3) is 0.471. The second kappa shape index (κ2) is 6.66. The molecule has 122 valence electrons. The molecule has 0 aliphatic heterocycles. The Labute approximate surface area is 139 Å². The summed E-state index contributed by atoms with van der Waals surface area (Å²) in [5.74, 6) is -0.236. The lowest BCUT2D eigenvalue weighted by Gasteiger charge is -2.26. The van der Waals surface area contributed by atoms with Crippen molar-refractivity contribution in [3.8, 4) is 10.6 Å². The highest BCUT2D eigenvalue weighted by Gasteiger charge is 2.29.